The van der Waals surface area contributed by atoms with Crippen LogP contribution in [0.5, 0.6) is 0 Å². The molecular weight excluding hydrogens is 292 g/mol. The van der Waals surface area contributed by atoms with Gasteiger partial charge in [-0.05, 0) is 31.4 Å². The summed E-state index contributed by atoms with van der Waals surface area (Å²) in [5.74, 6) is 0.599. The molecule has 0 aliphatic heterocycles. The minimum atomic E-state index is -0.462. The van der Waals surface area contributed by atoms with E-state index in [1.807, 2.05) is 31.2 Å². The van der Waals surface area contributed by atoms with Gasteiger partial charge in [-0.2, -0.15) is 5.10 Å². The first kappa shape index (κ1) is 15.6. The summed E-state index contributed by atoms with van der Waals surface area (Å²) in [5.41, 5.74) is 1.99. The van der Waals surface area contributed by atoms with Gasteiger partial charge in [0.2, 0.25) is 0 Å². The van der Waals surface area contributed by atoms with Crippen LogP contribution >= 0.6 is 0 Å². The molecule has 122 valence electrons. The van der Waals surface area contributed by atoms with Gasteiger partial charge in [0, 0.05) is 6.07 Å². The highest BCUT2D eigenvalue weighted by Gasteiger charge is 2.24. The number of para-hydroxylation sites is 1. The summed E-state index contributed by atoms with van der Waals surface area (Å²) in [4.78, 5) is 12.2. The monoisotopic (exact) mass is 314 g/mol. The first-order valence-electron chi connectivity index (χ1n) is 8.01. The first-order chi connectivity index (χ1) is 11.1. The summed E-state index contributed by atoms with van der Waals surface area (Å²) in [5, 5.41) is 19.9. The van der Waals surface area contributed by atoms with Crippen molar-refractivity contribution < 1.29 is 9.90 Å². The van der Waals surface area contributed by atoms with Crippen molar-refractivity contribution >= 4 is 11.8 Å². The number of carbonyl (C=O) groups excluding carboxylic acids is 1. The zero-order chi connectivity index (χ0) is 16.2. The van der Waals surface area contributed by atoms with E-state index in [1.165, 1.54) is 0 Å². The van der Waals surface area contributed by atoms with E-state index in [9.17, 15) is 9.90 Å². The number of carbonyl (C=O) groups is 1. The molecule has 2 amide bonds. The summed E-state index contributed by atoms with van der Waals surface area (Å²) in [6.07, 6.45) is 4.79. The van der Waals surface area contributed by atoms with Gasteiger partial charge in [0.15, 0.2) is 0 Å². The highest BCUT2D eigenvalue weighted by atomic mass is 16.3. The molecule has 1 aliphatic rings. The van der Waals surface area contributed by atoms with Crippen molar-refractivity contribution in [2.45, 2.75) is 44.8 Å². The third-order valence-corrected chi connectivity index (χ3v) is 4.27. The van der Waals surface area contributed by atoms with Gasteiger partial charge in [0.05, 0.1) is 24.0 Å². The predicted octanol–water partition coefficient (Wildman–Crippen LogP) is 2.61. The number of anilines is 1. The molecule has 6 heteroatoms. The highest BCUT2D eigenvalue weighted by molar-refractivity contribution is 5.88. The number of urea groups is 1. The molecule has 6 nitrogen and oxygen atoms in total. The smallest absolute Gasteiger partial charge is 0.320 e. The lowest BCUT2D eigenvalue weighted by atomic mass is 9.93. The lowest BCUT2D eigenvalue weighted by Gasteiger charge is -2.28. The van der Waals surface area contributed by atoms with Crippen LogP contribution in [0.25, 0.3) is 5.69 Å². The second kappa shape index (κ2) is 6.83. The van der Waals surface area contributed by atoms with Crippen LogP contribution in [-0.2, 0) is 0 Å². The van der Waals surface area contributed by atoms with Gasteiger partial charge >= 0.3 is 6.03 Å². The quantitative estimate of drug-likeness (QED) is 0.815. The molecule has 0 saturated heterocycles. The number of aryl methyl sites for hydroxylation is 1. The fraction of sp³-hybridized carbons (Fsp3) is 0.412. The number of aliphatic hydroxyl groups excluding tert-OH is 1. The molecule has 0 unspecified atom stereocenters. The van der Waals surface area contributed by atoms with Crippen LogP contribution in [0.2, 0.25) is 0 Å². The fourth-order valence-electron chi connectivity index (χ4n) is 2.99. The molecule has 2 atom stereocenters. The summed E-state index contributed by atoms with van der Waals surface area (Å²) < 4.78 is 1.70. The number of amides is 2. The number of nitrogens with one attached hydrogen (secondary N) is 2. The minimum absolute atomic E-state index is 0.182. The molecule has 1 heterocycles. The number of aromatic nitrogens is 2. The number of rotatable bonds is 3. The van der Waals surface area contributed by atoms with Gasteiger partial charge in [0.25, 0.3) is 0 Å². The van der Waals surface area contributed by atoms with E-state index in [0.717, 1.165) is 36.9 Å². The van der Waals surface area contributed by atoms with Crippen LogP contribution in [-0.4, -0.2) is 33.1 Å². The Morgan fingerprint density at radius 1 is 1.26 bits per heavy atom. The average molecular weight is 314 g/mol. The van der Waals surface area contributed by atoms with Crippen molar-refractivity contribution in [2.75, 3.05) is 5.32 Å². The Morgan fingerprint density at radius 3 is 2.83 bits per heavy atom. The van der Waals surface area contributed by atoms with E-state index < -0.39 is 6.10 Å². The van der Waals surface area contributed by atoms with E-state index in [2.05, 4.69) is 15.7 Å². The molecule has 23 heavy (non-hydrogen) atoms. The van der Waals surface area contributed by atoms with E-state index in [4.69, 9.17) is 0 Å². The van der Waals surface area contributed by atoms with Crippen LogP contribution in [0.1, 0.15) is 31.2 Å². The maximum Gasteiger partial charge on any atom is 0.320 e. The summed E-state index contributed by atoms with van der Waals surface area (Å²) >= 11 is 0. The second-order valence-electron chi connectivity index (χ2n) is 5.97. The molecule has 3 rings (SSSR count). The lowest BCUT2D eigenvalue weighted by Crippen LogP contribution is -2.46. The van der Waals surface area contributed by atoms with Crippen LogP contribution < -0.4 is 10.6 Å². The molecule has 0 spiro atoms. The second-order valence-corrected chi connectivity index (χ2v) is 5.97. The molecule has 0 bridgehead atoms. The van der Waals surface area contributed by atoms with Crippen LogP contribution in [0.3, 0.4) is 0 Å². The molecular formula is C17H22N4O2. The summed E-state index contributed by atoms with van der Waals surface area (Å²) in [6.45, 7) is 2.00. The van der Waals surface area contributed by atoms with E-state index >= 15 is 0 Å². The van der Waals surface area contributed by atoms with Gasteiger partial charge in [-0.15, -0.1) is 0 Å². The first-order valence-corrected chi connectivity index (χ1v) is 8.01. The summed E-state index contributed by atoms with van der Waals surface area (Å²) in [6, 6.07) is 9.11. The SMILES string of the molecule is Cc1ccccc1-n1nccc1NC(=O)N[C@H]1CCCC[C@H]1O. The molecule has 1 aromatic heterocycles. The van der Waals surface area contributed by atoms with Crippen molar-refractivity contribution in [3.05, 3.63) is 42.1 Å². The van der Waals surface area contributed by atoms with E-state index in [1.54, 1.807) is 16.9 Å². The zero-order valence-corrected chi connectivity index (χ0v) is 13.2. The third kappa shape index (κ3) is 3.53. The van der Waals surface area contributed by atoms with Crippen molar-refractivity contribution in [2.24, 2.45) is 0 Å². The Morgan fingerprint density at radius 2 is 2.04 bits per heavy atom. The minimum Gasteiger partial charge on any atom is -0.391 e. The van der Waals surface area contributed by atoms with Gasteiger partial charge in [-0.25, -0.2) is 9.48 Å². The molecule has 1 fully saturated rings. The Labute approximate surface area is 135 Å². The lowest BCUT2D eigenvalue weighted by molar-refractivity contribution is 0.0955. The Bertz CT molecular complexity index is 683. The predicted molar refractivity (Wildman–Crippen MR) is 88.7 cm³/mol. The number of hydrogen-bond acceptors (Lipinski definition) is 3. The maximum absolute atomic E-state index is 12.2. The van der Waals surface area contributed by atoms with Crippen molar-refractivity contribution in [3.63, 3.8) is 0 Å². The zero-order valence-electron chi connectivity index (χ0n) is 13.2. The normalized spacial score (nSPS) is 21.0. The number of nitrogens with zero attached hydrogens (tertiary/aromatic N) is 2. The average Bonchev–Trinajstić information content (AvgIpc) is 2.98. The number of hydrogen-bond donors (Lipinski definition) is 3. The fourth-order valence-corrected chi connectivity index (χ4v) is 2.99. The van der Waals surface area contributed by atoms with Gasteiger partial charge in [-0.1, -0.05) is 31.0 Å². The van der Waals surface area contributed by atoms with E-state index in [-0.39, 0.29) is 12.1 Å². The Kier molecular flexibility index (Phi) is 4.62. The van der Waals surface area contributed by atoms with Crippen molar-refractivity contribution in [3.8, 4) is 5.69 Å². The van der Waals surface area contributed by atoms with Gasteiger partial charge in [0.1, 0.15) is 5.82 Å². The highest BCUT2D eigenvalue weighted by Crippen LogP contribution is 2.20. The third-order valence-electron chi connectivity index (χ3n) is 4.27. The number of benzene rings is 1. The van der Waals surface area contributed by atoms with Crippen molar-refractivity contribution in [1.82, 2.24) is 15.1 Å². The number of aliphatic hydroxyl groups is 1. The van der Waals surface area contributed by atoms with E-state index in [0.29, 0.717) is 5.82 Å². The van der Waals surface area contributed by atoms with Gasteiger partial charge in [-0.3, -0.25) is 5.32 Å². The Hall–Kier alpha value is -2.34. The summed E-state index contributed by atoms with van der Waals surface area (Å²) in [7, 11) is 0. The van der Waals surface area contributed by atoms with Crippen LogP contribution in [0, 0.1) is 6.92 Å². The molecule has 0 radical (unpaired) electrons. The standard InChI is InChI=1S/C17H22N4O2/c1-12-6-2-4-8-14(12)21-16(10-11-18-21)20-17(23)19-13-7-3-5-9-15(13)22/h2,4,6,8,10-11,13,15,22H,3,5,7,9H2,1H3,(H2,19,20,23)/t13-,15+/m0/s1. The van der Waals surface area contributed by atoms with Crippen LogP contribution in [0.15, 0.2) is 36.5 Å². The maximum atomic E-state index is 12.2. The van der Waals surface area contributed by atoms with Crippen LogP contribution in [0.4, 0.5) is 10.6 Å². The topological polar surface area (TPSA) is 79.2 Å². The largest absolute Gasteiger partial charge is 0.391 e. The van der Waals surface area contributed by atoms with Gasteiger partial charge < -0.3 is 10.4 Å². The molecule has 1 aliphatic carbocycles. The molecule has 1 aromatic carbocycles. The molecule has 2 aromatic rings. The Balaban J connectivity index is 1.70. The van der Waals surface area contributed by atoms with Crippen molar-refractivity contribution in [1.29, 1.82) is 0 Å². The molecule has 1 saturated carbocycles. The molecule has 3 N–H and O–H groups in total.